The molecular weight excluding hydrogens is 252 g/mol. The highest BCUT2D eigenvalue weighted by Gasteiger charge is 2.32. The Morgan fingerprint density at radius 3 is 2.20 bits per heavy atom. The molecule has 0 amide bonds. The SMILES string of the molecule is CNc1c(C#N)ccc2c1C(=O)c1ccccc1C2=O. The standard InChI is InChI=1S/C16H10N2O2/c1-18-14-9(8-17)6-7-12-13(14)16(20)11-5-3-2-4-10(11)15(12)19/h2-7,18H,1H3. The van der Waals surface area contributed by atoms with Crippen LogP contribution in [-0.2, 0) is 0 Å². The predicted molar refractivity (Wildman–Crippen MR) is 74.0 cm³/mol. The third kappa shape index (κ3) is 1.47. The second-order valence-electron chi connectivity index (χ2n) is 4.48. The van der Waals surface area contributed by atoms with Crippen molar-refractivity contribution in [3.05, 3.63) is 64.2 Å². The number of benzene rings is 2. The van der Waals surface area contributed by atoms with Crippen LogP contribution in [0.15, 0.2) is 36.4 Å². The largest absolute Gasteiger partial charge is 0.386 e. The molecule has 96 valence electrons. The Morgan fingerprint density at radius 1 is 0.950 bits per heavy atom. The van der Waals surface area contributed by atoms with E-state index in [1.54, 1.807) is 43.4 Å². The lowest BCUT2D eigenvalue weighted by Crippen LogP contribution is -2.22. The van der Waals surface area contributed by atoms with Gasteiger partial charge in [-0.05, 0) is 12.1 Å². The molecule has 1 aliphatic carbocycles. The third-order valence-corrected chi connectivity index (χ3v) is 3.46. The summed E-state index contributed by atoms with van der Waals surface area (Å²) in [6.45, 7) is 0. The number of fused-ring (bicyclic) bond motifs is 2. The van der Waals surface area contributed by atoms with E-state index in [2.05, 4.69) is 5.32 Å². The van der Waals surface area contributed by atoms with Crippen LogP contribution in [0.3, 0.4) is 0 Å². The average Bonchev–Trinajstić information content (AvgIpc) is 2.51. The van der Waals surface area contributed by atoms with Crippen molar-refractivity contribution in [3.63, 3.8) is 0 Å². The molecule has 0 atom stereocenters. The molecule has 0 aromatic heterocycles. The summed E-state index contributed by atoms with van der Waals surface area (Å²) in [6.07, 6.45) is 0. The summed E-state index contributed by atoms with van der Waals surface area (Å²) >= 11 is 0. The summed E-state index contributed by atoms with van der Waals surface area (Å²) in [6, 6.07) is 11.9. The number of nitriles is 1. The van der Waals surface area contributed by atoms with Crippen molar-refractivity contribution in [1.82, 2.24) is 0 Å². The minimum atomic E-state index is -0.225. The summed E-state index contributed by atoms with van der Waals surface area (Å²) in [7, 11) is 1.63. The molecule has 4 nitrogen and oxygen atoms in total. The van der Waals surface area contributed by atoms with Gasteiger partial charge in [-0.1, -0.05) is 24.3 Å². The first-order valence-electron chi connectivity index (χ1n) is 6.12. The molecule has 1 N–H and O–H groups in total. The number of ketones is 2. The molecule has 3 rings (SSSR count). The Labute approximate surface area is 115 Å². The summed E-state index contributed by atoms with van der Waals surface area (Å²) in [5.74, 6) is -0.409. The molecule has 1 aliphatic rings. The summed E-state index contributed by atoms with van der Waals surface area (Å²) in [5.41, 5.74) is 2.20. The minimum absolute atomic E-state index is 0.184. The van der Waals surface area contributed by atoms with Gasteiger partial charge >= 0.3 is 0 Å². The highest BCUT2D eigenvalue weighted by molar-refractivity contribution is 6.30. The predicted octanol–water partition coefficient (Wildman–Crippen LogP) is 2.38. The second kappa shape index (κ2) is 4.32. The molecule has 0 bridgehead atoms. The zero-order valence-corrected chi connectivity index (χ0v) is 10.7. The molecule has 0 aliphatic heterocycles. The van der Waals surface area contributed by atoms with E-state index in [1.165, 1.54) is 0 Å². The fourth-order valence-electron chi connectivity index (χ4n) is 2.54. The molecule has 0 saturated carbocycles. The molecule has 0 saturated heterocycles. The van der Waals surface area contributed by atoms with Gasteiger partial charge in [0.2, 0.25) is 0 Å². The van der Waals surface area contributed by atoms with E-state index in [4.69, 9.17) is 5.26 Å². The van der Waals surface area contributed by atoms with Crippen LogP contribution in [0.1, 0.15) is 37.4 Å². The summed E-state index contributed by atoms with van der Waals surface area (Å²) in [5, 5.41) is 12.0. The van der Waals surface area contributed by atoms with Crippen LogP contribution < -0.4 is 5.32 Å². The molecule has 4 heteroatoms. The second-order valence-corrected chi connectivity index (χ2v) is 4.48. The number of hydrogen-bond donors (Lipinski definition) is 1. The molecule has 0 spiro atoms. The Bertz CT molecular complexity index is 801. The Hall–Kier alpha value is -2.93. The molecule has 2 aromatic rings. The van der Waals surface area contributed by atoms with Crippen LogP contribution >= 0.6 is 0 Å². The first-order chi connectivity index (χ1) is 9.69. The highest BCUT2D eigenvalue weighted by atomic mass is 16.1. The molecule has 20 heavy (non-hydrogen) atoms. The van der Waals surface area contributed by atoms with Crippen LogP contribution in [0.25, 0.3) is 0 Å². The van der Waals surface area contributed by atoms with E-state index >= 15 is 0 Å². The van der Waals surface area contributed by atoms with Crippen molar-refractivity contribution in [3.8, 4) is 6.07 Å². The van der Waals surface area contributed by atoms with Gasteiger partial charge in [0.05, 0.1) is 16.8 Å². The van der Waals surface area contributed by atoms with Gasteiger partial charge < -0.3 is 5.32 Å². The van der Waals surface area contributed by atoms with E-state index < -0.39 is 0 Å². The number of hydrogen-bond acceptors (Lipinski definition) is 4. The maximum Gasteiger partial charge on any atom is 0.196 e. The molecule has 0 unspecified atom stereocenters. The van der Waals surface area contributed by atoms with Crippen LogP contribution in [0, 0.1) is 11.3 Å². The van der Waals surface area contributed by atoms with Crippen LogP contribution in [0.4, 0.5) is 5.69 Å². The zero-order valence-electron chi connectivity index (χ0n) is 10.7. The molecule has 0 radical (unpaired) electrons. The number of carbonyl (C=O) groups is 2. The van der Waals surface area contributed by atoms with Gasteiger partial charge in [0.25, 0.3) is 0 Å². The molecule has 0 fully saturated rings. The quantitative estimate of drug-likeness (QED) is 0.731. The van der Waals surface area contributed by atoms with Crippen LogP contribution in [0.5, 0.6) is 0 Å². The maximum absolute atomic E-state index is 12.6. The normalized spacial score (nSPS) is 12.4. The molecule has 0 heterocycles. The monoisotopic (exact) mass is 262 g/mol. The van der Waals surface area contributed by atoms with Gasteiger partial charge in [-0.25, -0.2) is 0 Å². The number of anilines is 1. The van der Waals surface area contributed by atoms with Gasteiger partial charge in [0.1, 0.15) is 6.07 Å². The van der Waals surface area contributed by atoms with E-state index in [0.717, 1.165) is 0 Å². The highest BCUT2D eigenvalue weighted by Crippen LogP contribution is 2.33. The lowest BCUT2D eigenvalue weighted by molar-refractivity contribution is 0.0979. The fraction of sp³-hybridized carbons (Fsp3) is 0.0625. The first-order valence-corrected chi connectivity index (χ1v) is 6.12. The summed E-state index contributed by atoms with van der Waals surface area (Å²) < 4.78 is 0. The molecular formula is C16H10N2O2. The fourth-order valence-corrected chi connectivity index (χ4v) is 2.54. The zero-order chi connectivity index (χ0) is 14.3. The summed E-state index contributed by atoms with van der Waals surface area (Å²) in [4.78, 5) is 25.1. The van der Waals surface area contributed by atoms with Crippen molar-refractivity contribution in [1.29, 1.82) is 5.26 Å². The average molecular weight is 262 g/mol. The van der Waals surface area contributed by atoms with Gasteiger partial charge in [-0.2, -0.15) is 5.26 Å². The van der Waals surface area contributed by atoms with E-state index in [1.807, 2.05) is 6.07 Å². The smallest absolute Gasteiger partial charge is 0.196 e. The lowest BCUT2D eigenvalue weighted by Gasteiger charge is -2.20. The number of rotatable bonds is 1. The number of nitrogens with one attached hydrogen (secondary N) is 1. The topological polar surface area (TPSA) is 70.0 Å². The molecule has 2 aromatic carbocycles. The first kappa shape index (κ1) is 12.1. The number of nitrogens with zero attached hydrogens (tertiary/aromatic N) is 1. The third-order valence-electron chi connectivity index (χ3n) is 3.46. The van der Waals surface area contributed by atoms with Crippen molar-refractivity contribution in [2.45, 2.75) is 0 Å². The number of carbonyl (C=O) groups excluding carboxylic acids is 2. The van der Waals surface area contributed by atoms with Crippen LogP contribution in [-0.4, -0.2) is 18.6 Å². The van der Waals surface area contributed by atoms with E-state index in [-0.39, 0.29) is 17.1 Å². The van der Waals surface area contributed by atoms with Crippen LogP contribution in [0.2, 0.25) is 0 Å². The van der Waals surface area contributed by atoms with Gasteiger partial charge in [-0.15, -0.1) is 0 Å². The van der Waals surface area contributed by atoms with Gasteiger partial charge in [0.15, 0.2) is 11.6 Å². The Kier molecular flexibility index (Phi) is 2.62. The Morgan fingerprint density at radius 2 is 1.60 bits per heavy atom. The Balaban J connectivity index is 2.37. The van der Waals surface area contributed by atoms with E-state index in [9.17, 15) is 9.59 Å². The van der Waals surface area contributed by atoms with Crippen molar-refractivity contribution in [2.24, 2.45) is 0 Å². The van der Waals surface area contributed by atoms with Gasteiger partial charge in [-0.3, -0.25) is 9.59 Å². The maximum atomic E-state index is 12.6. The van der Waals surface area contributed by atoms with Crippen molar-refractivity contribution < 1.29 is 9.59 Å². The van der Waals surface area contributed by atoms with Gasteiger partial charge in [0, 0.05) is 23.7 Å². The van der Waals surface area contributed by atoms with Crippen molar-refractivity contribution in [2.75, 3.05) is 12.4 Å². The van der Waals surface area contributed by atoms with Crippen molar-refractivity contribution >= 4 is 17.3 Å². The minimum Gasteiger partial charge on any atom is -0.386 e. The lowest BCUT2D eigenvalue weighted by atomic mass is 9.82. The van der Waals surface area contributed by atoms with E-state index in [0.29, 0.717) is 27.9 Å².